The zero-order valence-electron chi connectivity index (χ0n) is 10.5. The van der Waals surface area contributed by atoms with E-state index in [1.165, 1.54) is 0 Å². The molecule has 1 aromatic rings. The molecule has 0 saturated heterocycles. The van der Waals surface area contributed by atoms with Crippen LogP contribution in [0.4, 0.5) is 0 Å². The van der Waals surface area contributed by atoms with E-state index in [1.54, 1.807) is 6.92 Å². The number of rotatable bonds is 6. The lowest BCUT2D eigenvalue weighted by Gasteiger charge is -2.13. The molecule has 0 heterocycles. The highest BCUT2D eigenvalue weighted by Crippen LogP contribution is 2.26. The smallest absolute Gasteiger partial charge is 0.138 e. The normalized spacial score (nSPS) is 12.8. The van der Waals surface area contributed by atoms with Gasteiger partial charge in [0.15, 0.2) is 0 Å². The van der Waals surface area contributed by atoms with Crippen molar-refractivity contribution in [3.05, 3.63) is 28.8 Å². The van der Waals surface area contributed by atoms with E-state index in [0.717, 1.165) is 5.56 Å². The van der Waals surface area contributed by atoms with Crippen LogP contribution in [0.25, 0.3) is 0 Å². The Morgan fingerprint density at radius 1 is 1.35 bits per heavy atom. The molecule has 2 N–H and O–H groups in total. The summed E-state index contributed by atoms with van der Waals surface area (Å²) < 4.78 is 5.55. The SMILES string of the molecule is CC(C)Oc1ccc(CNC[C@@H](C)O)cc1Cl. The lowest BCUT2D eigenvalue weighted by Crippen LogP contribution is -2.23. The highest BCUT2D eigenvalue weighted by Gasteiger charge is 2.05. The van der Waals surface area contributed by atoms with Gasteiger partial charge in [0.1, 0.15) is 5.75 Å². The van der Waals surface area contributed by atoms with E-state index in [0.29, 0.717) is 23.9 Å². The first kappa shape index (κ1) is 14.3. The number of aliphatic hydroxyl groups excluding tert-OH is 1. The van der Waals surface area contributed by atoms with Crippen molar-refractivity contribution in [2.24, 2.45) is 0 Å². The molecule has 1 aromatic carbocycles. The lowest BCUT2D eigenvalue weighted by molar-refractivity contribution is 0.191. The summed E-state index contributed by atoms with van der Waals surface area (Å²) in [6, 6.07) is 5.73. The second-order valence-corrected chi connectivity index (χ2v) is 4.82. The molecule has 0 saturated carbocycles. The Morgan fingerprint density at radius 3 is 2.59 bits per heavy atom. The van der Waals surface area contributed by atoms with E-state index in [-0.39, 0.29) is 12.2 Å². The van der Waals surface area contributed by atoms with E-state index in [1.807, 2.05) is 32.0 Å². The van der Waals surface area contributed by atoms with Crippen molar-refractivity contribution in [1.29, 1.82) is 0 Å². The second kappa shape index (κ2) is 6.84. The van der Waals surface area contributed by atoms with Crippen LogP contribution in [0.15, 0.2) is 18.2 Å². The lowest BCUT2D eigenvalue weighted by atomic mass is 10.2. The van der Waals surface area contributed by atoms with Crippen molar-refractivity contribution in [2.45, 2.75) is 39.5 Å². The number of nitrogens with one attached hydrogen (secondary N) is 1. The average molecular weight is 258 g/mol. The molecule has 0 unspecified atom stereocenters. The molecule has 0 bridgehead atoms. The van der Waals surface area contributed by atoms with E-state index in [4.69, 9.17) is 21.4 Å². The van der Waals surface area contributed by atoms with Gasteiger partial charge < -0.3 is 15.2 Å². The molecule has 0 amide bonds. The summed E-state index contributed by atoms with van der Waals surface area (Å²) in [5.41, 5.74) is 1.08. The van der Waals surface area contributed by atoms with Crippen LogP contribution in [-0.4, -0.2) is 23.9 Å². The molecule has 0 aromatic heterocycles. The number of aliphatic hydroxyl groups is 1. The van der Waals surface area contributed by atoms with Crippen LogP contribution in [0.3, 0.4) is 0 Å². The van der Waals surface area contributed by atoms with Crippen molar-refractivity contribution in [1.82, 2.24) is 5.32 Å². The van der Waals surface area contributed by atoms with Crippen LogP contribution in [0.5, 0.6) is 5.75 Å². The van der Waals surface area contributed by atoms with Crippen LogP contribution in [-0.2, 0) is 6.54 Å². The highest BCUT2D eigenvalue weighted by atomic mass is 35.5. The summed E-state index contributed by atoms with van der Waals surface area (Å²) in [5.74, 6) is 0.709. The average Bonchev–Trinajstić information content (AvgIpc) is 2.21. The number of hydrogen-bond donors (Lipinski definition) is 2. The molecule has 3 nitrogen and oxygen atoms in total. The minimum absolute atomic E-state index is 0.117. The molecule has 0 spiro atoms. The quantitative estimate of drug-likeness (QED) is 0.823. The van der Waals surface area contributed by atoms with Crippen LogP contribution < -0.4 is 10.1 Å². The Kier molecular flexibility index (Phi) is 5.75. The highest BCUT2D eigenvalue weighted by molar-refractivity contribution is 6.32. The topological polar surface area (TPSA) is 41.5 Å². The third-order valence-electron chi connectivity index (χ3n) is 2.13. The van der Waals surface area contributed by atoms with Crippen LogP contribution in [0.1, 0.15) is 26.3 Å². The standard InChI is InChI=1S/C13H20ClNO2/c1-9(2)17-13-5-4-11(6-12(13)14)8-15-7-10(3)16/h4-6,9-10,15-16H,7-8H2,1-3H3/t10-/m1/s1. The zero-order chi connectivity index (χ0) is 12.8. The van der Waals surface area contributed by atoms with E-state index >= 15 is 0 Å². The minimum atomic E-state index is -0.339. The van der Waals surface area contributed by atoms with Crippen LogP contribution in [0.2, 0.25) is 5.02 Å². The van der Waals surface area contributed by atoms with Crippen LogP contribution >= 0.6 is 11.6 Å². The maximum Gasteiger partial charge on any atom is 0.138 e. The first-order valence-electron chi connectivity index (χ1n) is 5.83. The largest absolute Gasteiger partial charge is 0.489 e. The van der Waals surface area contributed by atoms with Crippen molar-refractivity contribution in [2.75, 3.05) is 6.54 Å². The van der Waals surface area contributed by atoms with Crippen molar-refractivity contribution >= 4 is 11.6 Å². The molecule has 0 radical (unpaired) electrons. The molecule has 0 aliphatic heterocycles. The molecule has 0 fully saturated rings. The van der Waals surface area contributed by atoms with Gasteiger partial charge >= 0.3 is 0 Å². The van der Waals surface area contributed by atoms with E-state index in [2.05, 4.69) is 5.32 Å². The van der Waals surface area contributed by atoms with Crippen molar-refractivity contribution in [3.63, 3.8) is 0 Å². The molecule has 0 aliphatic rings. The van der Waals surface area contributed by atoms with Gasteiger partial charge in [-0.15, -0.1) is 0 Å². The summed E-state index contributed by atoms with van der Waals surface area (Å²) in [5, 5.41) is 12.9. The molecule has 96 valence electrons. The third kappa shape index (κ3) is 5.39. The van der Waals surface area contributed by atoms with Gasteiger partial charge in [0.25, 0.3) is 0 Å². The molecule has 0 aliphatic carbocycles. The van der Waals surface area contributed by atoms with Gasteiger partial charge in [-0.3, -0.25) is 0 Å². The van der Waals surface area contributed by atoms with Crippen LogP contribution in [0, 0.1) is 0 Å². The molecule has 1 atom stereocenters. The van der Waals surface area contributed by atoms with E-state index in [9.17, 15) is 0 Å². The number of halogens is 1. The first-order valence-corrected chi connectivity index (χ1v) is 6.20. The number of hydrogen-bond acceptors (Lipinski definition) is 3. The number of ether oxygens (including phenoxy) is 1. The summed E-state index contributed by atoms with van der Waals surface area (Å²) in [6.07, 6.45) is -0.222. The summed E-state index contributed by atoms with van der Waals surface area (Å²) in [4.78, 5) is 0. The predicted molar refractivity (Wildman–Crippen MR) is 70.6 cm³/mol. The fourth-order valence-corrected chi connectivity index (χ4v) is 1.68. The Labute approximate surface area is 108 Å². The fourth-order valence-electron chi connectivity index (χ4n) is 1.43. The monoisotopic (exact) mass is 257 g/mol. The molecule has 1 rings (SSSR count). The van der Waals surface area contributed by atoms with Gasteiger partial charge in [0.2, 0.25) is 0 Å². The predicted octanol–water partition coefficient (Wildman–Crippen LogP) is 2.60. The minimum Gasteiger partial charge on any atom is -0.489 e. The van der Waals surface area contributed by atoms with Gasteiger partial charge in [0.05, 0.1) is 17.2 Å². The Morgan fingerprint density at radius 2 is 2.06 bits per heavy atom. The summed E-state index contributed by atoms with van der Waals surface area (Å²) in [7, 11) is 0. The molecular weight excluding hydrogens is 238 g/mol. The Bertz CT molecular complexity index is 353. The molecule has 4 heteroatoms. The zero-order valence-corrected chi connectivity index (χ0v) is 11.3. The first-order chi connectivity index (χ1) is 7.99. The van der Waals surface area contributed by atoms with E-state index < -0.39 is 0 Å². The second-order valence-electron chi connectivity index (χ2n) is 4.41. The van der Waals surface area contributed by atoms with Gasteiger partial charge in [0, 0.05) is 13.1 Å². The van der Waals surface area contributed by atoms with Gasteiger partial charge in [-0.25, -0.2) is 0 Å². The third-order valence-corrected chi connectivity index (χ3v) is 2.42. The number of benzene rings is 1. The molecular formula is C13H20ClNO2. The fraction of sp³-hybridized carbons (Fsp3) is 0.538. The van der Waals surface area contributed by atoms with Gasteiger partial charge in [-0.05, 0) is 38.5 Å². The Balaban J connectivity index is 2.56. The van der Waals surface area contributed by atoms with Gasteiger partial charge in [-0.1, -0.05) is 17.7 Å². The Hall–Kier alpha value is -0.770. The molecule has 17 heavy (non-hydrogen) atoms. The summed E-state index contributed by atoms with van der Waals surface area (Å²) in [6.45, 7) is 6.94. The van der Waals surface area contributed by atoms with Crippen molar-refractivity contribution in [3.8, 4) is 5.75 Å². The maximum atomic E-state index is 9.12. The van der Waals surface area contributed by atoms with Crippen molar-refractivity contribution < 1.29 is 9.84 Å². The van der Waals surface area contributed by atoms with Gasteiger partial charge in [-0.2, -0.15) is 0 Å². The summed E-state index contributed by atoms with van der Waals surface area (Å²) >= 11 is 6.11. The maximum absolute atomic E-state index is 9.12.